The normalized spacial score (nSPS) is 21.6. The fourth-order valence-corrected chi connectivity index (χ4v) is 1.13. The van der Waals surface area contributed by atoms with Crippen molar-refractivity contribution in [1.29, 1.82) is 0 Å². The lowest BCUT2D eigenvalue weighted by molar-refractivity contribution is -0.126. The molecule has 0 aromatic carbocycles. The van der Waals surface area contributed by atoms with Gasteiger partial charge in [0.1, 0.15) is 5.57 Å². The minimum atomic E-state index is -0.377. The number of Topliss-reactive ketones (excluding diaryl/α,β-unsaturated/α-hetero) is 1. The van der Waals surface area contributed by atoms with E-state index in [9.17, 15) is 9.59 Å². The molecule has 0 spiro atoms. The summed E-state index contributed by atoms with van der Waals surface area (Å²) in [6.45, 7) is 3.74. The summed E-state index contributed by atoms with van der Waals surface area (Å²) in [5.41, 5.74) is -0.108. The van der Waals surface area contributed by atoms with Crippen LogP contribution in [0.3, 0.4) is 0 Å². The quantitative estimate of drug-likeness (QED) is 0.347. The van der Waals surface area contributed by atoms with E-state index in [1.165, 1.54) is 4.90 Å². The molecule has 0 aliphatic carbocycles. The van der Waals surface area contributed by atoms with Gasteiger partial charge < -0.3 is 10.0 Å². The number of hydrogen-bond donors (Lipinski definition) is 1. The zero-order valence-corrected chi connectivity index (χ0v) is 7.07. The van der Waals surface area contributed by atoms with E-state index in [-0.39, 0.29) is 29.9 Å². The van der Waals surface area contributed by atoms with Crippen molar-refractivity contribution in [3.8, 4) is 0 Å². The number of nitrogens with zero attached hydrogens (tertiary/aromatic N) is 1. The number of carbonyl (C=O) groups is 2. The van der Waals surface area contributed by atoms with Gasteiger partial charge in [-0.15, -0.1) is 0 Å². The molecule has 4 nitrogen and oxygen atoms in total. The number of carbonyl (C=O) groups excluding carboxylic acids is 2. The van der Waals surface area contributed by atoms with Crippen LogP contribution < -0.4 is 0 Å². The second-order valence-corrected chi connectivity index (χ2v) is 2.99. The van der Waals surface area contributed by atoms with E-state index in [1.807, 2.05) is 13.8 Å². The molecular weight excluding hydrogens is 158 g/mol. The summed E-state index contributed by atoms with van der Waals surface area (Å²) in [4.78, 5) is 23.7. The standard InChI is InChI=1S/C8H11NO3/c1-5(2)9-3-7(11)6(4-10)8(9)12/h4-5,10H,3H2,1-2H3/b6-4-. The highest BCUT2D eigenvalue weighted by Gasteiger charge is 2.34. The average Bonchev–Trinajstić information content (AvgIpc) is 2.27. The predicted octanol–water partition coefficient (Wildman–Crippen LogP) is 0.248. The second-order valence-electron chi connectivity index (χ2n) is 2.99. The van der Waals surface area contributed by atoms with Crippen molar-refractivity contribution in [1.82, 2.24) is 4.90 Å². The molecular formula is C8H11NO3. The first kappa shape index (κ1) is 8.77. The highest BCUT2D eigenvalue weighted by atomic mass is 16.2. The molecule has 0 bridgehead atoms. The number of ketones is 1. The van der Waals surface area contributed by atoms with Crippen LogP contribution in [0, 0.1) is 0 Å². The summed E-state index contributed by atoms with van der Waals surface area (Å²) >= 11 is 0. The lowest BCUT2D eigenvalue weighted by Gasteiger charge is -2.18. The van der Waals surface area contributed by atoms with Gasteiger partial charge in [-0.3, -0.25) is 9.59 Å². The molecule has 0 unspecified atom stereocenters. The molecule has 66 valence electrons. The van der Waals surface area contributed by atoms with Crippen LogP contribution in [-0.4, -0.2) is 34.3 Å². The summed E-state index contributed by atoms with van der Waals surface area (Å²) in [5, 5.41) is 8.58. The molecule has 4 heteroatoms. The Labute approximate surface area is 70.5 Å². The molecule has 1 heterocycles. The zero-order valence-electron chi connectivity index (χ0n) is 7.07. The van der Waals surface area contributed by atoms with Gasteiger partial charge in [-0.25, -0.2) is 0 Å². The van der Waals surface area contributed by atoms with Crippen LogP contribution in [0.25, 0.3) is 0 Å². The van der Waals surface area contributed by atoms with Gasteiger partial charge in [-0.05, 0) is 13.8 Å². The topological polar surface area (TPSA) is 57.6 Å². The van der Waals surface area contributed by atoms with E-state index in [4.69, 9.17) is 5.11 Å². The van der Waals surface area contributed by atoms with Crippen LogP contribution in [0.4, 0.5) is 0 Å². The van der Waals surface area contributed by atoms with Gasteiger partial charge in [-0.1, -0.05) is 0 Å². The minimum Gasteiger partial charge on any atom is -0.515 e. The van der Waals surface area contributed by atoms with Crippen LogP contribution in [0.2, 0.25) is 0 Å². The highest BCUT2D eigenvalue weighted by molar-refractivity contribution is 6.24. The molecule has 1 aliphatic heterocycles. The molecule has 1 aliphatic rings. The van der Waals surface area contributed by atoms with Gasteiger partial charge in [0.15, 0.2) is 5.78 Å². The smallest absolute Gasteiger partial charge is 0.261 e. The Balaban J connectivity index is 2.91. The molecule has 0 radical (unpaired) electrons. The van der Waals surface area contributed by atoms with E-state index in [0.717, 1.165) is 0 Å². The first-order valence-corrected chi connectivity index (χ1v) is 3.76. The largest absolute Gasteiger partial charge is 0.515 e. The lowest BCUT2D eigenvalue weighted by atomic mass is 10.2. The van der Waals surface area contributed by atoms with Crippen molar-refractivity contribution in [2.45, 2.75) is 19.9 Å². The molecule has 1 fully saturated rings. The summed E-state index contributed by atoms with van der Waals surface area (Å²) in [7, 11) is 0. The third kappa shape index (κ3) is 1.20. The lowest BCUT2D eigenvalue weighted by Crippen LogP contribution is -2.32. The summed E-state index contributed by atoms with van der Waals surface area (Å²) in [5.74, 6) is -0.686. The van der Waals surface area contributed by atoms with Gasteiger partial charge in [0, 0.05) is 6.04 Å². The average molecular weight is 169 g/mol. The Bertz CT molecular complexity index is 255. The minimum absolute atomic E-state index is 0.00102. The Morgan fingerprint density at radius 3 is 2.33 bits per heavy atom. The van der Waals surface area contributed by atoms with E-state index in [0.29, 0.717) is 6.26 Å². The van der Waals surface area contributed by atoms with Crippen molar-refractivity contribution in [3.63, 3.8) is 0 Å². The molecule has 0 aromatic heterocycles. The third-order valence-corrected chi connectivity index (χ3v) is 1.86. The van der Waals surface area contributed by atoms with Gasteiger partial charge in [0.25, 0.3) is 5.91 Å². The fraction of sp³-hybridized carbons (Fsp3) is 0.500. The molecule has 1 rings (SSSR count). The summed E-state index contributed by atoms with van der Waals surface area (Å²) in [6.07, 6.45) is 0.590. The van der Waals surface area contributed by atoms with E-state index in [1.54, 1.807) is 0 Å². The number of amides is 1. The Morgan fingerprint density at radius 2 is 2.08 bits per heavy atom. The molecule has 12 heavy (non-hydrogen) atoms. The molecule has 1 amide bonds. The second kappa shape index (κ2) is 2.97. The van der Waals surface area contributed by atoms with Crippen LogP contribution in [0.1, 0.15) is 13.8 Å². The number of aliphatic hydroxyl groups excluding tert-OH is 1. The number of aliphatic hydroxyl groups is 1. The summed E-state index contributed by atoms with van der Waals surface area (Å²) in [6, 6.07) is -0.00102. The van der Waals surface area contributed by atoms with Crippen LogP contribution in [0.5, 0.6) is 0 Å². The number of hydrogen-bond acceptors (Lipinski definition) is 3. The van der Waals surface area contributed by atoms with Crippen LogP contribution >= 0.6 is 0 Å². The molecule has 1 N–H and O–H groups in total. The Hall–Kier alpha value is -1.32. The highest BCUT2D eigenvalue weighted by Crippen LogP contribution is 2.15. The maximum atomic E-state index is 11.3. The van der Waals surface area contributed by atoms with E-state index < -0.39 is 0 Å². The van der Waals surface area contributed by atoms with Crippen molar-refractivity contribution >= 4 is 11.7 Å². The predicted molar refractivity (Wildman–Crippen MR) is 42.6 cm³/mol. The SMILES string of the molecule is CC(C)N1CC(=O)/C(=C/O)C1=O. The van der Waals surface area contributed by atoms with E-state index in [2.05, 4.69) is 0 Å². The van der Waals surface area contributed by atoms with E-state index >= 15 is 0 Å². The molecule has 0 saturated carbocycles. The van der Waals surface area contributed by atoms with Crippen LogP contribution in [-0.2, 0) is 9.59 Å². The Morgan fingerprint density at radius 1 is 1.50 bits per heavy atom. The maximum absolute atomic E-state index is 11.3. The monoisotopic (exact) mass is 169 g/mol. The molecule has 0 atom stereocenters. The van der Waals surface area contributed by atoms with Gasteiger partial charge in [0.05, 0.1) is 12.8 Å². The maximum Gasteiger partial charge on any atom is 0.261 e. The van der Waals surface area contributed by atoms with Crippen LogP contribution in [0.15, 0.2) is 11.8 Å². The number of rotatable bonds is 1. The third-order valence-electron chi connectivity index (χ3n) is 1.86. The zero-order chi connectivity index (χ0) is 9.30. The van der Waals surface area contributed by atoms with Crippen molar-refractivity contribution < 1.29 is 14.7 Å². The Kier molecular flexibility index (Phi) is 2.17. The first-order chi connectivity index (χ1) is 5.57. The molecule has 1 saturated heterocycles. The van der Waals surface area contributed by atoms with Crippen molar-refractivity contribution in [3.05, 3.63) is 11.8 Å². The van der Waals surface area contributed by atoms with Gasteiger partial charge in [-0.2, -0.15) is 0 Å². The fourth-order valence-electron chi connectivity index (χ4n) is 1.13. The molecule has 0 aromatic rings. The van der Waals surface area contributed by atoms with Gasteiger partial charge in [0.2, 0.25) is 0 Å². The summed E-state index contributed by atoms with van der Waals surface area (Å²) < 4.78 is 0. The van der Waals surface area contributed by atoms with Gasteiger partial charge >= 0.3 is 0 Å². The van der Waals surface area contributed by atoms with Crippen molar-refractivity contribution in [2.75, 3.05) is 6.54 Å². The number of likely N-dealkylation sites (tertiary alicyclic amines) is 1. The van der Waals surface area contributed by atoms with Crippen molar-refractivity contribution in [2.24, 2.45) is 0 Å². The first-order valence-electron chi connectivity index (χ1n) is 3.76.